The molecular weight excluding hydrogens is 475 g/mol. The fourth-order valence-electron chi connectivity index (χ4n) is 2.57. The van der Waals surface area contributed by atoms with Crippen molar-refractivity contribution >= 4 is 45.4 Å². The number of hydrogen-bond acceptors (Lipinski definition) is 6. The summed E-state index contributed by atoms with van der Waals surface area (Å²) in [6.45, 7) is 1.84. The molecule has 0 atom stereocenters. The minimum Gasteiger partial charge on any atom is -0.497 e. The van der Waals surface area contributed by atoms with Gasteiger partial charge in [-0.05, 0) is 61.0 Å². The van der Waals surface area contributed by atoms with Crippen molar-refractivity contribution in [1.29, 1.82) is 0 Å². The van der Waals surface area contributed by atoms with Crippen LogP contribution in [0.25, 0.3) is 0 Å². The molecule has 0 fully saturated rings. The highest BCUT2D eigenvalue weighted by Crippen LogP contribution is 2.36. The molecule has 0 aromatic heterocycles. The van der Waals surface area contributed by atoms with Gasteiger partial charge in [-0.25, -0.2) is 5.43 Å². The van der Waals surface area contributed by atoms with Gasteiger partial charge in [0.15, 0.2) is 5.75 Å². The van der Waals surface area contributed by atoms with Gasteiger partial charge in [0.2, 0.25) is 0 Å². The molecule has 1 N–H and O–H groups in total. The lowest BCUT2D eigenvalue weighted by atomic mass is 10.2. The number of benzene rings is 3. The number of rotatable bonds is 7. The molecule has 0 spiro atoms. The molecule has 7 nitrogen and oxygen atoms in total. The lowest BCUT2D eigenvalue weighted by molar-refractivity contribution is 0.0955. The number of methoxy groups -OCH3 is 1. The van der Waals surface area contributed by atoms with Gasteiger partial charge < -0.3 is 8.92 Å². The van der Waals surface area contributed by atoms with E-state index < -0.39 is 16.0 Å². The van der Waals surface area contributed by atoms with Gasteiger partial charge in [0.05, 0.1) is 23.4 Å². The first kappa shape index (κ1) is 23.6. The number of nitrogens with zero attached hydrogens (tertiary/aromatic N) is 1. The van der Waals surface area contributed by atoms with E-state index in [2.05, 4.69) is 10.5 Å². The molecule has 10 heteroatoms. The van der Waals surface area contributed by atoms with Gasteiger partial charge in [0, 0.05) is 5.56 Å². The third-order valence-electron chi connectivity index (χ3n) is 4.26. The van der Waals surface area contributed by atoms with Crippen LogP contribution in [0.2, 0.25) is 10.0 Å². The zero-order valence-corrected chi connectivity index (χ0v) is 19.3. The molecule has 0 unspecified atom stereocenters. The van der Waals surface area contributed by atoms with E-state index in [9.17, 15) is 13.2 Å². The van der Waals surface area contributed by atoms with Gasteiger partial charge in [0.1, 0.15) is 10.6 Å². The molecule has 0 aliphatic heterocycles. The maximum Gasteiger partial charge on any atom is 0.339 e. The first-order valence-corrected chi connectivity index (χ1v) is 11.3. The highest BCUT2D eigenvalue weighted by molar-refractivity contribution is 7.87. The number of halogens is 2. The standard InChI is InChI=1S/C22H18Cl2N2O5S/c1-14-3-9-18(10-4-14)32(28,29)31-21-19(23)11-15(12-20(21)24)13-25-26-22(27)16-5-7-17(30-2)8-6-16/h3-13H,1-2H3,(H,26,27)/b25-13-. The predicted octanol–water partition coefficient (Wildman–Crippen LogP) is 4.84. The van der Waals surface area contributed by atoms with Crippen molar-refractivity contribution in [1.82, 2.24) is 5.43 Å². The lowest BCUT2D eigenvalue weighted by Crippen LogP contribution is -2.17. The van der Waals surface area contributed by atoms with Crippen molar-refractivity contribution in [2.75, 3.05) is 7.11 Å². The molecule has 3 aromatic rings. The van der Waals surface area contributed by atoms with E-state index in [-0.39, 0.29) is 20.7 Å². The number of hydrazone groups is 1. The fraction of sp³-hybridized carbons (Fsp3) is 0.0909. The lowest BCUT2D eigenvalue weighted by Gasteiger charge is -2.11. The van der Waals surface area contributed by atoms with Crippen LogP contribution < -0.4 is 14.3 Å². The van der Waals surface area contributed by atoms with Crippen molar-refractivity contribution in [3.8, 4) is 11.5 Å². The Morgan fingerprint density at radius 3 is 2.16 bits per heavy atom. The van der Waals surface area contributed by atoms with Crippen LogP contribution in [0.4, 0.5) is 0 Å². The van der Waals surface area contributed by atoms with Crippen LogP contribution in [-0.4, -0.2) is 27.6 Å². The van der Waals surface area contributed by atoms with Crippen molar-refractivity contribution in [3.05, 3.63) is 87.4 Å². The minimum absolute atomic E-state index is 0.0258. The average Bonchev–Trinajstić information content (AvgIpc) is 2.76. The van der Waals surface area contributed by atoms with Crippen LogP contribution >= 0.6 is 23.2 Å². The number of carbonyl (C=O) groups excluding carboxylic acids is 1. The summed E-state index contributed by atoms with van der Waals surface area (Å²) >= 11 is 12.4. The van der Waals surface area contributed by atoms with E-state index >= 15 is 0 Å². The number of hydrogen-bond donors (Lipinski definition) is 1. The average molecular weight is 493 g/mol. The topological polar surface area (TPSA) is 94.1 Å². The first-order chi connectivity index (χ1) is 15.2. The summed E-state index contributed by atoms with van der Waals surface area (Å²) < 4.78 is 35.2. The van der Waals surface area contributed by atoms with Crippen LogP contribution in [0.1, 0.15) is 21.5 Å². The normalized spacial score (nSPS) is 11.4. The van der Waals surface area contributed by atoms with Crippen molar-refractivity contribution in [2.45, 2.75) is 11.8 Å². The maximum atomic E-state index is 12.5. The molecule has 0 aliphatic rings. The summed E-state index contributed by atoms with van der Waals surface area (Å²) in [6.07, 6.45) is 1.32. The second kappa shape index (κ2) is 10.0. The Kier molecular flexibility index (Phi) is 7.40. The zero-order chi connectivity index (χ0) is 23.3. The molecule has 3 aromatic carbocycles. The number of nitrogens with one attached hydrogen (secondary N) is 1. The molecule has 166 valence electrons. The quantitative estimate of drug-likeness (QED) is 0.289. The molecule has 0 bridgehead atoms. The van der Waals surface area contributed by atoms with Gasteiger partial charge in [-0.3, -0.25) is 4.79 Å². The van der Waals surface area contributed by atoms with Crippen LogP contribution in [-0.2, 0) is 10.1 Å². The van der Waals surface area contributed by atoms with E-state index in [1.165, 1.54) is 37.6 Å². The van der Waals surface area contributed by atoms with E-state index in [0.29, 0.717) is 16.9 Å². The number of carbonyl (C=O) groups is 1. The Morgan fingerprint density at radius 2 is 1.59 bits per heavy atom. The van der Waals surface area contributed by atoms with Gasteiger partial charge in [-0.1, -0.05) is 40.9 Å². The fourth-order valence-corrected chi connectivity index (χ4v) is 4.21. The summed E-state index contributed by atoms with van der Waals surface area (Å²) in [5.41, 5.74) is 4.10. The summed E-state index contributed by atoms with van der Waals surface area (Å²) in [4.78, 5) is 12.1. The van der Waals surface area contributed by atoms with E-state index in [0.717, 1.165) is 5.56 Å². The van der Waals surface area contributed by atoms with Gasteiger partial charge in [-0.2, -0.15) is 13.5 Å². The second-order valence-corrected chi connectivity index (χ2v) is 8.95. The number of aryl methyl sites for hydroxylation is 1. The van der Waals surface area contributed by atoms with Gasteiger partial charge >= 0.3 is 10.1 Å². The Balaban J connectivity index is 1.72. The van der Waals surface area contributed by atoms with E-state index in [4.69, 9.17) is 32.1 Å². The van der Waals surface area contributed by atoms with Crippen molar-refractivity contribution in [2.24, 2.45) is 5.10 Å². The molecule has 0 heterocycles. The summed E-state index contributed by atoms with van der Waals surface area (Å²) in [5, 5.41) is 3.81. The highest BCUT2D eigenvalue weighted by atomic mass is 35.5. The third kappa shape index (κ3) is 5.79. The van der Waals surface area contributed by atoms with Crippen LogP contribution in [0, 0.1) is 6.92 Å². The van der Waals surface area contributed by atoms with Gasteiger partial charge in [-0.15, -0.1) is 0 Å². The molecular formula is C22H18Cl2N2O5S. The molecule has 3 rings (SSSR count). The molecule has 32 heavy (non-hydrogen) atoms. The molecule has 0 radical (unpaired) electrons. The van der Waals surface area contributed by atoms with Crippen LogP contribution in [0.15, 0.2) is 70.7 Å². The number of amides is 1. The summed E-state index contributed by atoms with van der Waals surface area (Å²) in [5.74, 6) is -0.000366. The van der Waals surface area contributed by atoms with Crippen molar-refractivity contribution < 1.29 is 22.1 Å². The van der Waals surface area contributed by atoms with Crippen LogP contribution in [0.5, 0.6) is 11.5 Å². The molecule has 0 aliphatic carbocycles. The minimum atomic E-state index is -4.12. The highest BCUT2D eigenvalue weighted by Gasteiger charge is 2.21. The van der Waals surface area contributed by atoms with E-state index in [1.54, 1.807) is 36.4 Å². The zero-order valence-electron chi connectivity index (χ0n) is 17.0. The van der Waals surface area contributed by atoms with Crippen molar-refractivity contribution in [3.63, 3.8) is 0 Å². The smallest absolute Gasteiger partial charge is 0.339 e. The predicted molar refractivity (Wildman–Crippen MR) is 124 cm³/mol. The van der Waals surface area contributed by atoms with E-state index in [1.807, 2.05) is 6.92 Å². The second-order valence-electron chi connectivity index (χ2n) is 6.59. The maximum absolute atomic E-state index is 12.5. The molecule has 1 amide bonds. The molecule has 0 saturated carbocycles. The Morgan fingerprint density at radius 1 is 1.00 bits per heavy atom. The summed E-state index contributed by atoms with van der Waals surface area (Å²) in [6, 6.07) is 15.5. The summed E-state index contributed by atoms with van der Waals surface area (Å²) in [7, 11) is -2.59. The Hall–Kier alpha value is -3.07. The largest absolute Gasteiger partial charge is 0.497 e. The monoisotopic (exact) mass is 492 g/mol. The third-order valence-corrected chi connectivity index (χ3v) is 6.05. The van der Waals surface area contributed by atoms with Crippen LogP contribution in [0.3, 0.4) is 0 Å². The SMILES string of the molecule is COc1ccc(C(=O)N/N=C\c2cc(Cl)c(OS(=O)(=O)c3ccc(C)cc3)c(Cl)c2)cc1. The first-order valence-electron chi connectivity index (χ1n) is 9.17. The number of ether oxygens (including phenoxy) is 1. The Labute approximate surface area is 195 Å². The van der Waals surface area contributed by atoms with Gasteiger partial charge in [0.25, 0.3) is 5.91 Å². The molecule has 0 saturated heterocycles. The Bertz CT molecular complexity index is 1240.